The summed E-state index contributed by atoms with van der Waals surface area (Å²) < 4.78 is 37.1. The predicted octanol–water partition coefficient (Wildman–Crippen LogP) is 2.48. The zero-order valence-corrected chi connectivity index (χ0v) is 14.6. The van der Waals surface area contributed by atoms with Gasteiger partial charge in [0.15, 0.2) is 0 Å². The Morgan fingerprint density at radius 2 is 1.62 bits per heavy atom. The topological polar surface area (TPSA) is 95.5 Å². The van der Waals surface area contributed by atoms with Crippen molar-refractivity contribution in [1.82, 2.24) is 10.6 Å². The summed E-state index contributed by atoms with van der Waals surface area (Å²) in [5, 5.41) is 13.4. The van der Waals surface area contributed by atoms with Crippen LogP contribution in [0.5, 0.6) is 0 Å². The molecule has 3 N–H and O–H groups in total. The van der Waals surface area contributed by atoms with Crippen LogP contribution in [-0.4, -0.2) is 35.1 Å². The molecule has 9 heteroatoms. The van der Waals surface area contributed by atoms with Crippen molar-refractivity contribution >= 4 is 17.8 Å². The SMILES string of the molecule is CC(C)(C)C(=O)NCc1ccc(C(=O)N[C@H](CC(F)(F)F)C(=O)O)cc1. The third-order valence-corrected chi connectivity index (χ3v) is 3.39. The van der Waals surface area contributed by atoms with Gasteiger partial charge < -0.3 is 15.7 Å². The Hall–Kier alpha value is -2.58. The second-order valence-electron chi connectivity index (χ2n) is 6.81. The second kappa shape index (κ2) is 8.20. The van der Waals surface area contributed by atoms with Crippen LogP contribution in [0.3, 0.4) is 0 Å². The average molecular weight is 374 g/mol. The number of aliphatic carboxylic acids is 1. The maximum Gasteiger partial charge on any atom is 0.391 e. The third kappa shape index (κ3) is 7.12. The molecule has 2 amide bonds. The Kier molecular flexibility index (Phi) is 6.77. The van der Waals surface area contributed by atoms with Crippen molar-refractivity contribution in [3.05, 3.63) is 35.4 Å². The maximum absolute atomic E-state index is 12.4. The summed E-state index contributed by atoms with van der Waals surface area (Å²) >= 11 is 0. The Balaban J connectivity index is 2.71. The van der Waals surface area contributed by atoms with Gasteiger partial charge in [-0.1, -0.05) is 32.9 Å². The zero-order chi connectivity index (χ0) is 20.1. The average Bonchev–Trinajstić information content (AvgIpc) is 2.50. The molecule has 1 aromatic rings. The first-order valence-electron chi connectivity index (χ1n) is 7.77. The lowest BCUT2D eigenvalue weighted by Gasteiger charge is -2.18. The van der Waals surface area contributed by atoms with E-state index >= 15 is 0 Å². The van der Waals surface area contributed by atoms with Crippen molar-refractivity contribution in [3.8, 4) is 0 Å². The monoisotopic (exact) mass is 374 g/mol. The van der Waals surface area contributed by atoms with Gasteiger partial charge in [-0.05, 0) is 17.7 Å². The Bertz CT molecular complexity index is 664. The predicted molar refractivity (Wildman–Crippen MR) is 87.3 cm³/mol. The lowest BCUT2D eigenvalue weighted by atomic mass is 9.95. The Labute approximate surface area is 148 Å². The highest BCUT2D eigenvalue weighted by atomic mass is 19.4. The van der Waals surface area contributed by atoms with Crippen molar-refractivity contribution in [2.24, 2.45) is 5.41 Å². The number of hydrogen-bond donors (Lipinski definition) is 3. The number of carbonyl (C=O) groups is 3. The zero-order valence-electron chi connectivity index (χ0n) is 14.6. The fourth-order valence-electron chi connectivity index (χ4n) is 1.89. The van der Waals surface area contributed by atoms with Crippen LogP contribution < -0.4 is 10.6 Å². The molecule has 26 heavy (non-hydrogen) atoms. The van der Waals surface area contributed by atoms with Crippen molar-refractivity contribution in [3.63, 3.8) is 0 Å². The van der Waals surface area contributed by atoms with E-state index in [9.17, 15) is 27.6 Å². The molecule has 0 unspecified atom stereocenters. The van der Waals surface area contributed by atoms with Crippen LogP contribution in [0.2, 0.25) is 0 Å². The number of alkyl halides is 3. The van der Waals surface area contributed by atoms with Crippen LogP contribution >= 0.6 is 0 Å². The number of carboxylic acids is 1. The number of carbonyl (C=O) groups excluding carboxylic acids is 2. The summed E-state index contributed by atoms with van der Waals surface area (Å²) in [5.41, 5.74) is 0.151. The lowest BCUT2D eigenvalue weighted by molar-refractivity contribution is -0.157. The molecule has 0 aromatic heterocycles. The van der Waals surface area contributed by atoms with Crippen molar-refractivity contribution < 1.29 is 32.7 Å². The highest BCUT2D eigenvalue weighted by Crippen LogP contribution is 2.22. The summed E-state index contributed by atoms with van der Waals surface area (Å²) in [7, 11) is 0. The summed E-state index contributed by atoms with van der Waals surface area (Å²) in [4.78, 5) is 34.6. The fraction of sp³-hybridized carbons (Fsp3) is 0.471. The van der Waals surface area contributed by atoms with Crippen LogP contribution in [0.4, 0.5) is 13.2 Å². The molecule has 0 fully saturated rings. The molecule has 6 nitrogen and oxygen atoms in total. The van der Waals surface area contributed by atoms with Gasteiger partial charge in [0, 0.05) is 17.5 Å². The van der Waals surface area contributed by atoms with Gasteiger partial charge in [-0.15, -0.1) is 0 Å². The normalized spacial score (nSPS) is 13.0. The summed E-state index contributed by atoms with van der Waals surface area (Å²) in [6.07, 6.45) is -6.38. The first kappa shape index (κ1) is 21.5. The van der Waals surface area contributed by atoms with Crippen LogP contribution in [0, 0.1) is 5.41 Å². The van der Waals surface area contributed by atoms with E-state index in [4.69, 9.17) is 5.11 Å². The molecule has 0 saturated carbocycles. The number of halogens is 3. The molecule has 1 aromatic carbocycles. The molecule has 1 atom stereocenters. The molecule has 0 heterocycles. The molecule has 1 rings (SSSR count). The smallest absolute Gasteiger partial charge is 0.391 e. The third-order valence-electron chi connectivity index (χ3n) is 3.39. The lowest BCUT2D eigenvalue weighted by Crippen LogP contribution is -2.43. The van der Waals surface area contributed by atoms with E-state index < -0.39 is 35.9 Å². The maximum atomic E-state index is 12.4. The minimum absolute atomic E-state index is 0.0179. The molecule has 0 aliphatic carbocycles. The molecule has 0 spiro atoms. The molecular formula is C17H21F3N2O4. The number of amides is 2. The van der Waals surface area contributed by atoms with Gasteiger partial charge in [-0.25, -0.2) is 4.79 Å². The number of nitrogens with one attached hydrogen (secondary N) is 2. The van der Waals surface area contributed by atoms with E-state index in [1.165, 1.54) is 24.3 Å². The quantitative estimate of drug-likeness (QED) is 0.713. The van der Waals surface area contributed by atoms with Gasteiger partial charge in [-0.2, -0.15) is 13.2 Å². The van der Waals surface area contributed by atoms with Gasteiger partial charge in [-0.3, -0.25) is 9.59 Å². The molecule has 0 aliphatic heterocycles. The number of hydrogen-bond acceptors (Lipinski definition) is 3. The van der Waals surface area contributed by atoms with Crippen LogP contribution in [0.1, 0.15) is 43.1 Å². The van der Waals surface area contributed by atoms with E-state index in [0.29, 0.717) is 5.56 Å². The van der Waals surface area contributed by atoms with Gasteiger partial charge in [0.2, 0.25) is 5.91 Å². The molecule has 0 aliphatic rings. The van der Waals surface area contributed by atoms with Crippen LogP contribution in [0.15, 0.2) is 24.3 Å². The largest absolute Gasteiger partial charge is 0.480 e. The first-order valence-corrected chi connectivity index (χ1v) is 7.77. The van der Waals surface area contributed by atoms with Crippen molar-refractivity contribution in [2.45, 2.75) is 46.0 Å². The minimum atomic E-state index is -4.72. The minimum Gasteiger partial charge on any atom is -0.480 e. The molecule has 0 saturated heterocycles. The highest BCUT2D eigenvalue weighted by Gasteiger charge is 2.36. The highest BCUT2D eigenvalue weighted by molar-refractivity contribution is 5.96. The van der Waals surface area contributed by atoms with Gasteiger partial charge in [0.1, 0.15) is 6.04 Å². The van der Waals surface area contributed by atoms with E-state index in [1.54, 1.807) is 20.8 Å². The summed E-state index contributed by atoms with van der Waals surface area (Å²) in [6, 6.07) is 3.68. The van der Waals surface area contributed by atoms with Crippen LogP contribution in [-0.2, 0) is 16.1 Å². The Morgan fingerprint density at radius 1 is 1.08 bits per heavy atom. The summed E-state index contributed by atoms with van der Waals surface area (Å²) in [5.74, 6) is -2.85. The second-order valence-corrected chi connectivity index (χ2v) is 6.81. The molecule has 0 radical (unpaired) electrons. The van der Waals surface area contributed by atoms with Gasteiger partial charge in [0.05, 0.1) is 6.42 Å². The van der Waals surface area contributed by atoms with Gasteiger partial charge >= 0.3 is 12.1 Å². The molecule has 144 valence electrons. The van der Waals surface area contributed by atoms with E-state index in [-0.39, 0.29) is 18.0 Å². The first-order chi connectivity index (χ1) is 11.8. The van der Waals surface area contributed by atoms with E-state index in [0.717, 1.165) is 0 Å². The van der Waals surface area contributed by atoms with E-state index in [1.807, 2.05) is 5.32 Å². The van der Waals surface area contributed by atoms with E-state index in [2.05, 4.69) is 5.32 Å². The molecule has 0 bridgehead atoms. The van der Waals surface area contributed by atoms with Crippen molar-refractivity contribution in [2.75, 3.05) is 0 Å². The van der Waals surface area contributed by atoms with Crippen molar-refractivity contribution in [1.29, 1.82) is 0 Å². The Morgan fingerprint density at radius 3 is 2.04 bits per heavy atom. The number of rotatable bonds is 6. The molecular weight excluding hydrogens is 353 g/mol. The van der Waals surface area contributed by atoms with Gasteiger partial charge in [0.25, 0.3) is 5.91 Å². The standard InChI is InChI=1S/C17H21F3N2O4/c1-16(2,3)15(26)21-9-10-4-6-11(7-5-10)13(23)22-12(14(24)25)8-17(18,19)20/h4-7,12H,8-9H2,1-3H3,(H,21,26)(H,22,23)(H,24,25)/t12-/m1/s1. The number of benzene rings is 1. The summed E-state index contributed by atoms with van der Waals surface area (Å²) in [6.45, 7) is 5.50. The van der Waals surface area contributed by atoms with Crippen LogP contribution in [0.25, 0.3) is 0 Å². The number of carboxylic acid groups (broad SMARTS) is 1. The fourth-order valence-corrected chi connectivity index (χ4v) is 1.89.